The van der Waals surface area contributed by atoms with Crippen molar-refractivity contribution in [1.82, 2.24) is 4.57 Å². The van der Waals surface area contributed by atoms with Crippen molar-refractivity contribution in [3.05, 3.63) is 90.5 Å². The van der Waals surface area contributed by atoms with Gasteiger partial charge in [-0.05, 0) is 18.2 Å². The molecule has 1 heterocycles. The van der Waals surface area contributed by atoms with Crippen LogP contribution < -0.4 is 0 Å². The molecule has 0 aliphatic carbocycles. The number of aromatic nitrogens is 1. The second kappa shape index (κ2) is 7.90. The summed E-state index contributed by atoms with van der Waals surface area (Å²) >= 11 is 0. The van der Waals surface area contributed by atoms with Crippen molar-refractivity contribution in [3.63, 3.8) is 0 Å². The number of carbonyl (C=O) groups is 2. The molecule has 0 saturated heterocycles. The molecule has 3 aromatic carbocycles. The molecule has 0 aliphatic heterocycles. The molecule has 1 N–H and O–H groups in total. The van der Waals surface area contributed by atoms with Crippen LogP contribution in [0.2, 0.25) is 0 Å². The highest BCUT2D eigenvalue weighted by Crippen LogP contribution is 2.39. The third-order valence-electron chi connectivity index (χ3n) is 4.50. The maximum atomic E-state index is 12.9. The Hall–Kier alpha value is -4.06. The van der Waals surface area contributed by atoms with Crippen molar-refractivity contribution in [2.24, 2.45) is 10.2 Å². The van der Waals surface area contributed by atoms with Gasteiger partial charge in [-0.2, -0.15) is 5.11 Å². The number of ketones is 1. The van der Waals surface area contributed by atoms with Crippen LogP contribution in [0, 0.1) is 0 Å². The van der Waals surface area contributed by atoms with Gasteiger partial charge in [0.05, 0.1) is 17.6 Å². The average molecular weight is 383 g/mol. The van der Waals surface area contributed by atoms with Crippen LogP contribution in [0.25, 0.3) is 10.9 Å². The largest absolute Gasteiger partial charge is 0.493 e. The standard InChI is InChI=1S/C23H17N3O3/c27-20(16-9-3-1-4-10-16)15-21(28)26-19-14-8-7-13-18(19)22(23(26)29)25-24-17-11-5-2-6-12-17/h1-14,29H,15H2. The van der Waals surface area contributed by atoms with Gasteiger partial charge in [0.15, 0.2) is 11.5 Å². The fraction of sp³-hybridized carbons (Fsp3) is 0.0435. The molecule has 0 aliphatic rings. The van der Waals surface area contributed by atoms with E-state index in [0.29, 0.717) is 22.2 Å². The van der Waals surface area contributed by atoms with Gasteiger partial charge in [-0.15, -0.1) is 5.11 Å². The van der Waals surface area contributed by atoms with Crippen LogP contribution in [0.5, 0.6) is 5.88 Å². The summed E-state index contributed by atoms with van der Waals surface area (Å²) in [5.41, 5.74) is 1.72. The van der Waals surface area contributed by atoms with Gasteiger partial charge in [-0.25, -0.2) is 4.57 Å². The normalized spacial score (nSPS) is 11.2. The monoisotopic (exact) mass is 383 g/mol. The molecule has 4 aromatic rings. The van der Waals surface area contributed by atoms with Gasteiger partial charge in [0, 0.05) is 10.9 Å². The van der Waals surface area contributed by atoms with E-state index in [1.807, 2.05) is 18.2 Å². The minimum atomic E-state index is -0.534. The molecule has 0 atom stereocenters. The molecule has 6 heteroatoms. The maximum absolute atomic E-state index is 12.9. The van der Waals surface area contributed by atoms with Gasteiger partial charge in [-0.1, -0.05) is 66.7 Å². The molecular formula is C23H17N3O3. The first-order chi connectivity index (χ1) is 14.1. The summed E-state index contributed by atoms with van der Waals surface area (Å²) in [6.45, 7) is 0. The van der Waals surface area contributed by atoms with E-state index in [9.17, 15) is 14.7 Å². The highest BCUT2D eigenvalue weighted by atomic mass is 16.3. The fourth-order valence-electron chi connectivity index (χ4n) is 3.11. The number of hydrogen-bond acceptors (Lipinski definition) is 5. The van der Waals surface area contributed by atoms with Crippen LogP contribution in [0.1, 0.15) is 21.6 Å². The predicted octanol–water partition coefficient (Wildman–Crippen LogP) is 5.68. The van der Waals surface area contributed by atoms with Crippen LogP contribution in [0.3, 0.4) is 0 Å². The Morgan fingerprint density at radius 1 is 0.793 bits per heavy atom. The van der Waals surface area contributed by atoms with Gasteiger partial charge >= 0.3 is 0 Å². The van der Waals surface area contributed by atoms with Crippen molar-refractivity contribution in [2.45, 2.75) is 6.42 Å². The lowest BCUT2D eigenvalue weighted by molar-refractivity contribution is 0.0840. The lowest BCUT2D eigenvalue weighted by Crippen LogP contribution is -2.15. The second-order valence-corrected chi connectivity index (χ2v) is 6.42. The Morgan fingerprint density at radius 3 is 2.14 bits per heavy atom. The van der Waals surface area contributed by atoms with E-state index in [1.165, 1.54) is 0 Å². The Kier molecular flexibility index (Phi) is 4.99. The SMILES string of the molecule is O=C(CC(=O)n1c(O)c(N=Nc2ccccc2)c2ccccc21)c1ccccc1. The first-order valence-corrected chi connectivity index (χ1v) is 9.06. The van der Waals surface area contributed by atoms with Gasteiger partial charge in [-0.3, -0.25) is 9.59 Å². The zero-order valence-electron chi connectivity index (χ0n) is 15.4. The molecule has 0 unspecified atom stereocenters. The van der Waals surface area contributed by atoms with E-state index in [2.05, 4.69) is 10.2 Å². The van der Waals surface area contributed by atoms with Crippen molar-refractivity contribution < 1.29 is 14.7 Å². The molecule has 6 nitrogen and oxygen atoms in total. The number of benzene rings is 3. The third-order valence-corrected chi connectivity index (χ3v) is 4.50. The Bertz CT molecular complexity index is 1210. The van der Waals surface area contributed by atoms with Crippen LogP contribution in [0.4, 0.5) is 11.4 Å². The molecule has 0 bridgehead atoms. The summed E-state index contributed by atoms with van der Waals surface area (Å²) in [4.78, 5) is 25.3. The zero-order chi connectivity index (χ0) is 20.2. The molecule has 142 valence electrons. The van der Waals surface area contributed by atoms with Gasteiger partial charge < -0.3 is 5.11 Å². The third kappa shape index (κ3) is 3.68. The highest BCUT2D eigenvalue weighted by molar-refractivity contribution is 6.11. The number of azo groups is 1. The summed E-state index contributed by atoms with van der Waals surface area (Å²) in [7, 11) is 0. The Morgan fingerprint density at radius 2 is 1.41 bits per heavy atom. The molecular weight excluding hydrogens is 366 g/mol. The average Bonchev–Trinajstić information content (AvgIpc) is 3.04. The smallest absolute Gasteiger partial charge is 0.241 e. The lowest BCUT2D eigenvalue weighted by atomic mass is 10.1. The molecule has 29 heavy (non-hydrogen) atoms. The molecule has 0 spiro atoms. The summed E-state index contributed by atoms with van der Waals surface area (Å²) in [6.07, 6.45) is -0.370. The van der Waals surface area contributed by atoms with Crippen molar-refractivity contribution in [2.75, 3.05) is 0 Å². The second-order valence-electron chi connectivity index (χ2n) is 6.42. The quantitative estimate of drug-likeness (QED) is 0.273. The lowest BCUT2D eigenvalue weighted by Gasteiger charge is -2.05. The molecule has 0 saturated carbocycles. The number of carbonyl (C=O) groups excluding carboxylic acids is 2. The van der Waals surface area contributed by atoms with E-state index in [4.69, 9.17) is 0 Å². The number of hydrogen-bond donors (Lipinski definition) is 1. The van der Waals surface area contributed by atoms with Gasteiger partial charge in [0.2, 0.25) is 11.8 Å². The van der Waals surface area contributed by atoms with Crippen LogP contribution in [-0.2, 0) is 0 Å². The Balaban J connectivity index is 1.71. The van der Waals surface area contributed by atoms with Crippen LogP contribution in [0.15, 0.2) is 95.2 Å². The maximum Gasteiger partial charge on any atom is 0.241 e. The highest BCUT2D eigenvalue weighted by Gasteiger charge is 2.23. The van der Waals surface area contributed by atoms with E-state index < -0.39 is 5.91 Å². The summed E-state index contributed by atoms with van der Waals surface area (Å²) in [6, 6.07) is 24.7. The van der Waals surface area contributed by atoms with Crippen LogP contribution in [-0.4, -0.2) is 21.4 Å². The van der Waals surface area contributed by atoms with Crippen LogP contribution >= 0.6 is 0 Å². The Labute approximate surface area is 166 Å². The first-order valence-electron chi connectivity index (χ1n) is 9.06. The molecule has 4 rings (SSSR count). The fourth-order valence-corrected chi connectivity index (χ4v) is 3.11. The molecule has 0 radical (unpaired) electrons. The minimum Gasteiger partial charge on any atom is -0.493 e. The summed E-state index contributed by atoms with van der Waals surface area (Å²) in [5.74, 6) is -1.19. The number of rotatable bonds is 5. The zero-order valence-corrected chi connectivity index (χ0v) is 15.4. The van der Waals surface area contributed by atoms with Crippen molar-refractivity contribution >= 4 is 34.0 Å². The number of fused-ring (bicyclic) bond motifs is 1. The van der Waals surface area contributed by atoms with Crippen molar-refractivity contribution in [3.8, 4) is 5.88 Å². The first kappa shape index (κ1) is 18.3. The van der Waals surface area contributed by atoms with Gasteiger partial charge in [0.1, 0.15) is 0 Å². The summed E-state index contributed by atoms with van der Waals surface area (Å²) in [5, 5.41) is 19.6. The van der Waals surface area contributed by atoms with E-state index in [-0.39, 0.29) is 23.8 Å². The summed E-state index contributed by atoms with van der Waals surface area (Å²) < 4.78 is 1.12. The van der Waals surface area contributed by atoms with E-state index >= 15 is 0 Å². The minimum absolute atomic E-state index is 0.185. The van der Waals surface area contributed by atoms with Gasteiger partial charge in [0.25, 0.3) is 0 Å². The number of Topliss-reactive ketones (excluding diaryl/α,β-unsaturated/α-hetero) is 1. The molecule has 0 amide bonds. The number of nitrogens with zero attached hydrogens (tertiary/aromatic N) is 3. The number of para-hydroxylation sites is 1. The predicted molar refractivity (Wildman–Crippen MR) is 110 cm³/mol. The van der Waals surface area contributed by atoms with E-state index in [0.717, 1.165) is 4.57 Å². The topological polar surface area (TPSA) is 84.0 Å². The molecule has 1 aromatic heterocycles. The van der Waals surface area contributed by atoms with E-state index in [1.54, 1.807) is 66.7 Å². The number of aromatic hydroxyl groups is 1. The van der Waals surface area contributed by atoms with Crippen molar-refractivity contribution in [1.29, 1.82) is 0 Å². The molecule has 0 fully saturated rings.